The molecule has 0 saturated carbocycles. The number of amides is 1. The lowest BCUT2D eigenvalue weighted by Crippen LogP contribution is -2.23. The molecule has 0 heterocycles. The molecular weight excluding hydrogens is 393 g/mol. The fourth-order valence-corrected chi connectivity index (χ4v) is 3.13. The smallest absolute Gasteiger partial charge is 0.251 e. The van der Waals surface area contributed by atoms with E-state index in [1.807, 2.05) is 12.1 Å². The van der Waals surface area contributed by atoms with Crippen molar-refractivity contribution >= 4 is 5.91 Å². The number of rotatable bonds is 7. The van der Waals surface area contributed by atoms with Gasteiger partial charge in [0.05, 0.1) is 7.11 Å². The fraction of sp³-hybridized carbons (Fsp3) is 0.269. The number of halogens is 1. The Kier molecular flexibility index (Phi) is 6.95. The molecule has 0 saturated heterocycles. The van der Waals surface area contributed by atoms with Gasteiger partial charge >= 0.3 is 0 Å². The number of nitrogens with one attached hydrogen (secondary N) is 1. The second-order valence-electron chi connectivity index (χ2n) is 8.40. The molecule has 31 heavy (non-hydrogen) atoms. The topological polar surface area (TPSA) is 47.6 Å². The number of carbonyl (C=O) groups is 1. The van der Waals surface area contributed by atoms with E-state index in [1.165, 1.54) is 17.7 Å². The molecule has 3 aromatic rings. The number of hydrogen-bond acceptors (Lipinski definition) is 3. The Morgan fingerprint density at radius 2 is 1.65 bits per heavy atom. The maximum atomic E-state index is 13.0. The lowest BCUT2D eigenvalue weighted by atomic mass is 9.87. The van der Waals surface area contributed by atoms with Gasteiger partial charge in [0, 0.05) is 17.7 Å². The zero-order valence-electron chi connectivity index (χ0n) is 18.4. The van der Waals surface area contributed by atoms with Crippen LogP contribution in [0.15, 0.2) is 66.7 Å². The van der Waals surface area contributed by atoms with Crippen LogP contribution in [0.2, 0.25) is 0 Å². The van der Waals surface area contributed by atoms with Crippen LogP contribution in [-0.4, -0.2) is 13.0 Å². The van der Waals surface area contributed by atoms with Crippen molar-refractivity contribution in [3.8, 4) is 11.5 Å². The molecule has 0 aliphatic carbocycles. The van der Waals surface area contributed by atoms with Crippen LogP contribution in [-0.2, 0) is 18.6 Å². The van der Waals surface area contributed by atoms with Crippen molar-refractivity contribution in [2.75, 3.05) is 7.11 Å². The lowest BCUT2D eigenvalue weighted by Gasteiger charge is -2.19. The highest BCUT2D eigenvalue weighted by Crippen LogP contribution is 2.26. The number of carbonyl (C=O) groups excluding carboxylic acids is 1. The van der Waals surface area contributed by atoms with Crippen molar-refractivity contribution in [1.29, 1.82) is 0 Å². The van der Waals surface area contributed by atoms with Gasteiger partial charge in [0.2, 0.25) is 0 Å². The summed E-state index contributed by atoms with van der Waals surface area (Å²) in [5.41, 5.74) is 3.42. The summed E-state index contributed by atoms with van der Waals surface area (Å²) >= 11 is 0. The predicted molar refractivity (Wildman–Crippen MR) is 120 cm³/mol. The van der Waals surface area contributed by atoms with E-state index in [0.29, 0.717) is 17.9 Å². The summed E-state index contributed by atoms with van der Waals surface area (Å²) < 4.78 is 24.4. The zero-order chi connectivity index (χ0) is 22.4. The van der Waals surface area contributed by atoms with E-state index in [1.54, 1.807) is 37.4 Å². The summed E-state index contributed by atoms with van der Waals surface area (Å²) in [6.07, 6.45) is 0. The third-order valence-electron chi connectivity index (χ3n) is 5.02. The van der Waals surface area contributed by atoms with Gasteiger partial charge in [-0.3, -0.25) is 4.79 Å². The van der Waals surface area contributed by atoms with Crippen molar-refractivity contribution < 1.29 is 18.7 Å². The molecule has 0 aliphatic rings. The molecule has 3 aromatic carbocycles. The van der Waals surface area contributed by atoms with Gasteiger partial charge in [0.15, 0.2) is 0 Å². The van der Waals surface area contributed by atoms with Crippen LogP contribution in [0.3, 0.4) is 0 Å². The molecule has 5 heteroatoms. The van der Waals surface area contributed by atoms with Crippen molar-refractivity contribution in [1.82, 2.24) is 5.32 Å². The van der Waals surface area contributed by atoms with Crippen LogP contribution >= 0.6 is 0 Å². The van der Waals surface area contributed by atoms with Gasteiger partial charge in [-0.15, -0.1) is 0 Å². The molecule has 0 bridgehead atoms. The Morgan fingerprint density at radius 3 is 2.26 bits per heavy atom. The van der Waals surface area contributed by atoms with E-state index in [0.717, 1.165) is 16.9 Å². The molecule has 0 radical (unpaired) electrons. The van der Waals surface area contributed by atoms with E-state index >= 15 is 0 Å². The molecule has 4 nitrogen and oxygen atoms in total. The summed E-state index contributed by atoms with van der Waals surface area (Å²) in [4.78, 5) is 12.6. The third kappa shape index (κ3) is 6.07. The second-order valence-corrected chi connectivity index (χ2v) is 8.40. The first-order valence-corrected chi connectivity index (χ1v) is 10.2. The quantitative estimate of drug-likeness (QED) is 0.537. The standard InChI is InChI=1S/C26H28FNO3/c1-26(2,3)21-8-12-23(13-9-21)31-17-20-15-19(7-14-24(20)30-4)25(29)28-16-18-5-10-22(27)11-6-18/h5-15H,16-17H2,1-4H3,(H,28,29). The van der Waals surface area contributed by atoms with Crippen LogP contribution in [0.4, 0.5) is 4.39 Å². The van der Waals surface area contributed by atoms with Crippen molar-refractivity contribution in [2.24, 2.45) is 0 Å². The Hall–Kier alpha value is -3.34. The molecule has 0 fully saturated rings. The van der Waals surface area contributed by atoms with E-state index < -0.39 is 0 Å². The van der Waals surface area contributed by atoms with Gasteiger partial charge in [0.25, 0.3) is 5.91 Å². The normalized spacial score (nSPS) is 11.1. The SMILES string of the molecule is COc1ccc(C(=O)NCc2ccc(F)cc2)cc1COc1ccc(C(C)(C)C)cc1. The molecule has 3 rings (SSSR count). The van der Waals surface area contributed by atoms with Crippen LogP contribution in [0.1, 0.15) is 47.8 Å². The summed E-state index contributed by atoms with van der Waals surface area (Å²) in [5.74, 6) is 0.883. The maximum Gasteiger partial charge on any atom is 0.251 e. The molecule has 1 N–H and O–H groups in total. The molecule has 1 amide bonds. The molecular formula is C26H28FNO3. The maximum absolute atomic E-state index is 13.0. The van der Waals surface area contributed by atoms with Gasteiger partial charge in [-0.1, -0.05) is 45.0 Å². The predicted octanol–water partition coefficient (Wildman–Crippen LogP) is 5.64. The van der Waals surface area contributed by atoms with Gasteiger partial charge < -0.3 is 14.8 Å². The highest BCUT2D eigenvalue weighted by atomic mass is 19.1. The minimum atomic E-state index is -0.303. The molecule has 0 spiro atoms. The Balaban J connectivity index is 1.66. The average molecular weight is 422 g/mol. The summed E-state index contributed by atoms with van der Waals surface area (Å²) in [6, 6.07) is 19.3. The Bertz CT molecular complexity index is 1020. The number of benzene rings is 3. The fourth-order valence-electron chi connectivity index (χ4n) is 3.13. The van der Waals surface area contributed by atoms with Crippen molar-refractivity contribution in [3.63, 3.8) is 0 Å². The van der Waals surface area contributed by atoms with Gasteiger partial charge in [0.1, 0.15) is 23.9 Å². The lowest BCUT2D eigenvalue weighted by molar-refractivity contribution is 0.0950. The monoisotopic (exact) mass is 421 g/mol. The molecule has 0 aromatic heterocycles. The second kappa shape index (κ2) is 9.65. The number of hydrogen-bond donors (Lipinski definition) is 1. The van der Waals surface area contributed by atoms with Crippen LogP contribution in [0.25, 0.3) is 0 Å². The molecule has 0 atom stereocenters. The Labute approximate surface area is 183 Å². The van der Waals surface area contributed by atoms with Crippen molar-refractivity contribution in [3.05, 3.63) is 94.8 Å². The van der Waals surface area contributed by atoms with E-state index in [4.69, 9.17) is 9.47 Å². The zero-order valence-corrected chi connectivity index (χ0v) is 18.4. The highest BCUT2D eigenvalue weighted by Gasteiger charge is 2.14. The van der Waals surface area contributed by atoms with Crippen molar-refractivity contribution in [2.45, 2.75) is 39.3 Å². The highest BCUT2D eigenvalue weighted by molar-refractivity contribution is 5.94. The molecule has 162 valence electrons. The largest absolute Gasteiger partial charge is 0.496 e. The third-order valence-corrected chi connectivity index (χ3v) is 5.02. The van der Waals surface area contributed by atoms with Gasteiger partial charge in [-0.05, 0) is 59.0 Å². The summed E-state index contributed by atoms with van der Waals surface area (Å²) in [5, 5.41) is 2.85. The minimum Gasteiger partial charge on any atom is -0.496 e. The summed E-state index contributed by atoms with van der Waals surface area (Å²) in [6.45, 7) is 7.09. The average Bonchev–Trinajstić information content (AvgIpc) is 2.76. The van der Waals surface area contributed by atoms with E-state index in [9.17, 15) is 9.18 Å². The molecule has 0 aliphatic heterocycles. The minimum absolute atomic E-state index is 0.0807. The molecule has 0 unspecified atom stereocenters. The van der Waals surface area contributed by atoms with Crippen LogP contribution in [0.5, 0.6) is 11.5 Å². The first-order chi connectivity index (χ1) is 14.8. The van der Waals surface area contributed by atoms with Gasteiger partial charge in [-0.2, -0.15) is 0 Å². The Morgan fingerprint density at radius 1 is 0.968 bits per heavy atom. The van der Waals surface area contributed by atoms with E-state index in [-0.39, 0.29) is 23.7 Å². The number of ether oxygens (including phenoxy) is 2. The van der Waals surface area contributed by atoms with Gasteiger partial charge in [-0.25, -0.2) is 4.39 Å². The van der Waals surface area contributed by atoms with E-state index in [2.05, 4.69) is 38.2 Å². The van der Waals surface area contributed by atoms with Crippen LogP contribution < -0.4 is 14.8 Å². The first kappa shape index (κ1) is 22.3. The first-order valence-electron chi connectivity index (χ1n) is 10.2. The van der Waals surface area contributed by atoms with Crippen LogP contribution in [0, 0.1) is 5.82 Å². The number of methoxy groups -OCH3 is 1. The summed E-state index contributed by atoms with van der Waals surface area (Å²) in [7, 11) is 1.59.